The predicted octanol–water partition coefficient (Wildman–Crippen LogP) is 2.57. The molecule has 132 valence electrons. The standard InChI is InChI=1S/C20H19N3O3/c1-25-20(12-26-13-20)15-8-6-14(7-9-15)18(24)23-11-10-22-17-5-3-2-4-16(17)21-19(22)23/h2-9H,10-13H2,1H3. The van der Waals surface area contributed by atoms with Crippen LogP contribution in [0.5, 0.6) is 0 Å². The first kappa shape index (κ1) is 15.5. The van der Waals surface area contributed by atoms with Gasteiger partial charge in [-0.3, -0.25) is 9.69 Å². The minimum atomic E-state index is -0.372. The minimum Gasteiger partial charge on any atom is -0.375 e. The van der Waals surface area contributed by atoms with Crippen molar-refractivity contribution in [2.24, 2.45) is 0 Å². The second-order valence-corrected chi connectivity index (χ2v) is 6.78. The quantitative estimate of drug-likeness (QED) is 0.729. The summed E-state index contributed by atoms with van der Waals surface area (Å²) in [5.41, 5.74) is 3.31. The molecule has 0 unspecified atom stereocenters. The van der Waals surface area contributed by atoms with Crippen LogP contribution in [0.25, 0.3) is 11.0 Å². The van der Waals surface area contributed by atoms with Gasteiger partial charge >= 0.3 is 0 Å². The molecule has 26 heavy (non-hydrogen) atoms. The number of hydrogen-bond donors (Lipinski definition) is 0. The number of carbonyl (C=O) groups is 1. The van der Waals surface area contributed by atoms with Gasteiger partial charge in [-0.25, -0.2) is 4.98 Å². The maximum Gasteiger partial charge on any atom is 0.260 e. The van der Waals surface area contributed by atoms with Crippen molar-refractivity contribution in [3.63, 3.8) is 0 Å². The van der Waals surface area contributed by atoms with Crippen molar-refractivity contribution in [3.05, 3.63) is 59.7 Å². The maximum absolute atomic E-state index is 13.0. The highest BCUT2D eigenvalue weighted by molar-refractivity contribution is 6.06. The van der Waals surface area contributed by atoms with Crippen LogP contribution in [0.15, 0.2) is 48.5 Å². The van der Waals surface area contributed by atoms with E-state index in [2.05, 4.69) is 9.55 Å². The van der Waals surface area contributed by atoms with E-state index in [9.17, 15) is 4.79 Å². The van der Waals surface area contributed by atoms with Gasteiger partial charge < -0.3 is 14.0 Å². The molecule has 0 bridgehead atoms. The molecule has 0 N–H and O–H groups in total. The molecule has 0 atom stereocenters. The van der Waals surface area contributed by atoms with Crippen molar-refractivity contribution in [2.45, 2.75) is 12.1 Å². The molecule has 6 heteroatoms. The Labute approximate surface area is 151 Å². The Morgan fingerprint density at radius 2 is 1.88 bits per heavy atom. The highest BCUT2D eigenvalue weighted by atomic mass is 16.6. The van der Waals surface area contributed by atoms with Crippen LogP contribution in [-0.2, 0) is 21.6 Å². The number of benzene rings is 2. The number of aromatic nitrogens is 2. The fraction of sp³-hybridized carbons (Fsp3) is 0.300. The van der Waals surface area contributed by atoms with Crippen LogP contribution < -0.4 is 4.90 Å². The minimum absolute atomic E-state index is 0.0260. The number of carbonyl (C=O) groups excluding carboxylic acids is 1. The topological polar surface area (TPSA) is 56.6 Å². The van der Waals surface area contributed by atoms with Gasteiger partial charge in [-0.2, -0.15) is 0 Å². The molecule has 2 aliphatic rings. The largest absolute Gasteiger partial charge is 0.375 e. The first-order valence-electron chi connectivity index (χ1n) is 8.72. The molecule has 6 nitrogen and oxygen atoms in total. The molecule has 0 spiro atoms. The fourth-order valence-corrected chi connectivity index (χ4v) is 3.74. The zero-order chi connectivity index (χ0) is 17.7. The number of ether oxygens (including phenoxy) is 2. The number of fused-ring (bicyclic) bond motifs is 3. The number of rotatable bonds is 3. The second-order valence-electron chi connectivity index (χ2n) is 6.78. The Hall–Kier alpha value is -2.70. The first-order chi connectivity index (χ1) is 12.7. The zero-order valence-corrected chi connectivity index (χ0v) is 14.5. The lowest BCUT2D eigenvalue weighted by Gasteiger charge is -2.40. The van der Waals surface area contributed by atoms with Crippen LogP contribution in [0.1, 0.15) is 15.9 Å². The summed E-state index contributed by atoms with van der Waals surface area (Å²) in [6.45, 7) is 2.51. The molecular formula is C20H19N3O3. The van der Waals surface area contributed by atoms with Crippen LogP contribution in [0.2, 0.25) is 0 Å². The summed E-state index contributed by atoms with van der Waals surface area (Å²) in [5, 5.41) is 0. The predicted molar refractivity (Wildman–Crippen MR) is 97.4 cm³/mol. The van der Waals surface area contributed by atoms with E-state index in [1.165, 1.54) is 0 Å². The Balaban J connectivity index is 1.45. The lowest BCUT2D eigenvalue weighted by Crippen LogP contribution is -2.48. The van der Waals surface area contributed by atoms with Gasteiger partial charge in [-0.1, -0.05) is 24.3 Å². The molecule has 3 aromatic rings. The van der Waals surface area contributed by atoms with Gasteiger partial charge in [0.25, 0.3) is 5.91 Å². The third kappa shape index (κ3) is 2.12. The van der Waals surface area contributed by atoms with Crippen molar-refractivity contribution in [2.75, 3.05) is 31.8 Å². The molecule has 1 saturated heterocycles. The van der Waals surface area contributed by atoms with Crippen LogP contribution in [0, 0.1) is 0 Å². The SMILES string of the molecule is COC1(c2ccc(C(=O)N3CCn4c3nc3ccccc34)cc2)COC1. The van der Waals surface area contributed by atoms with Crippen molar-refractivity contribution in [3.8, 4) is 0 Å². The fourth-order valence-electron chi connectivity index (χ4n) is 3.74. The summed E-state index contributed by atoms with van der Waals surface area (Å²) in [4.78, 5) is 19.4. The molecule has 1 fully saturated rings. The number of para-hydroxylation sites is 2. The summed E-state index contributed by atoms with van der Waals surface area (Å²) < 4.78 is 13.0. The van der Waals surface area contributed by atoms with Gasteiger partial charge in [-0.15, -0.1) is 0 Å². The normalized spacial score (nSPS) is 18.0. The summed E-state index contributed by atoms with van der Waals surface area (Å²) in [5.74, 6) is 0.697. The molecule has 2 aromatic carbocycles. The van der Waals surface area contributed by atoms with E-state index >= 15 is 0 Å². The summed E-state index contributed by atoms with van der Waals surface area (Å²) in [7, 11) is 1.69. The van der Waals surface area contributed by atoms with Crippen molar-refractivity contribution >= 4 is 22.9 Å². The van der Waals surface area contributed by atoms with Gasteiger partial charge in [0.1, 0.15) is 5.60 Å². The molecule has 3 heterocycles. The van der Waals surface area contributed by atoms with Crippen LogP contribution in [0.4, 0.5) is 5.95 Å². The second kappa shape index (κ2) is 5.65. The van der Waals surface area contributed by atoms with E-state index < -0.39 is 0 Å². The first-order valence-corrected chi connectivity index (χ1v) is 8.72. The average Bonchev–Trinajstić information content (AvgIpc) is 3.20. The third-order valence-electron chi connectivity index (χ3n) is 5.39. The van der Waals surface area contributed by atoms with Gasteiger partial charge in [-0.05, 0) is 29.8 Å². The zero-order valence-electron chi connectivity index (χ0n) is 14.5. The monoisotopic (exact) mass is 349 g/mol. The number of amides is 1. The molecule has 1 amide bonds. The average molecular weight is 349 g/mol. The lowest BCUT2D eigenvalue weighted by atomic mass is 9.91. The van der Waals surface area contributed by atoms with Gasteiger partial charge in [0, 0.05) is 25.8 Å². The Morgan fingerprint density at radius 3 is 2.58 bits per heavy atom. The molecule has 5 rings (SSSR count). The van der Waals surface area contributed by atoms with Crippen LogP contribution in [0.3, 0.4) is 0 Å². The Morgan fingerprint density at radius 1 is 1.12 bits per heavy atom. The summed E-state index contributed by atoms with van der Waals surface area (Å²) in [6.07, 6.45) is 0. The maximum atomic E-state index is 13.0. The van der Waals surface area contributed by atoms with Crippen LogP contribution in [-0.4, -0.2) is 42.3 Å². The summed E-state index contributed by atoms with van der Waals surface area (Å²) >= 11 is 0. The van der Waals surface area contributed by atoms with Gasteiger partial charge in [0.05, 0.1) is 24.2 Å². The highest BCUT2D eigenvalue weighted by Crippen LogP contribution is 2.33. The van der Waals surface area contributed by atoms with Gasteiger partial charge in [0.2, 0.25) is 5.95 Å². The van der Waals surface area contributed by atoms with E-state index in [1.807, 2.05) is 48.5 Å². The van der Waals surface area contributed by atoms with Crippen LogP contribution >= 0.6 is 0 Å². The number of anilines is 1. The van der Waals surface area contributed by atoms with E-state index in [0.29, 0.717) is 25.3 Å². The Kier molecular flexibility index (Phi) is 3.38. The number of imidazole rings is 1. The lowest BCUT2D eigenvalue weighted by molar-refractivity contribution is -0.202. The molecule has 0 saturated carbocycles. The smallest absolute Gasteiger partial charge is 0.260 e. The molecule has 1 aromatic heterocycles. The number of nitrogens with zero attached hydrogens (tertiary/aromatic N) is 3. The Bertz CT molecular complexity index is 984. The van der Waals surface area contributed by atoms with E-state index in [4.69, 9.17) is 9.47 Å². The summed E-state index contributed by atoms with van der Waals surface area (Å²) in [6, 6.07) is 15.6. The van der Waals surface area contributed by atoms with Crippen molar-refractivity contribution < 1.29 is 14.3 Å². The van der Waals surface area contributed by atoms with Gasteiger partial charge in [0.15, 0.2) is 0 Å². The highest BCUT2D eigenvalue weighted by Gasteiger charge is 2.40. The van der Waals surface area contributed by atoms with Crippen molar-refractivity contribution in [1.82, 2.24) is 9.55 Å². The molecule has 2 aliphatic heterocycles. The van der Waals surface area contributed by atoms with E-state index in [0.717, 1.165) is 29.1 Å². The number of methoxy groups -OCH3 is 1. The molecule has 0 aliphatic carbocycles. The number of hydrogen-bond acceptors (Lipinski definition) is 4. The third-order valence-corrected chi connectivity index (χ3v) is 5.39. The molecular weight excluding hydrogens is 330 g/mol. The molecule has 0 radical (unpaired) electrons. The van der Waals surface area contributed by atoms with E-state index in [1.54, 1.807) is 12.0 Å². The van der Waals surface area contributed by atoms with Crippen molar-refractivity contribution in [1.29, 1.82) is 0 Å². The van der Waals surface area contributed by atoms with E-state index in [-0.39, 0.29) is 11.5 Å².